The Labute approximate surface area is 163 Å². The molecule has 0 radical (unpaired) electrons. The summed E-state index contributed by atoms with van der Waals surface area (Å²) in [7, 11) is 2.63. The van der Waals surface area contributed by atoms with Gasteiger partial charge in [-0.1, -0.05) is 11.6 Å². The first-order valence-corrected chi connectivity index (χ1v) is 8.08. The van der Waals surface area contributed by atoms with Gasteiger partial charge in [0.15, 0.2) is 0 Å². The number of carbonyl (C=O) groups is 1. The van der Waals surface area contributed by atoms with E-state index in [1.54, 1.807) is 12.1 Å². The van der Waals surface area contributed by atoms with Crippen LogP contribution < -0.4 is 5.48 Å². The molecule has 0 aliphatic carbocycles. The second-order valence-corrected chi connectivity index (χ2v) is 5.68. The van der Waals surface area contributed by atoms with Crippen molar-refractivity contribution >= 4 is 35.0 Å². The Hall–Kier alpha value is -2.91. The van der Waals surface area contributed by atoms with Crippen LogP contribution >= 0.6 is 11.6 Å². The minimum Gasteiger partial charge on any atom is -0.465 e. The van der Waals surface area contributed by atoms with Gasteiger partial charge in [0.25, 0.3) is 0 Å². The number of allylic oxidation sites excluding steroid dienone is 1. The van der Waals surface area contributed by atoms with E-state index in [0.29, 0.717) is 17.4 Å². The van der Waals surface area contributed by atoms with Crippen LogP contribution in [0.2, 0.25) is 5.02 Å². The minimum absolute atomic E-state index is 0.0779. The molecule has 148 valence electrons. The molecule has 0 unspecified atom stereocenters. The number of nitrogens with one attached hydrogen (secondary N) is 1. The smallest absolute Gasteiger partial charge is 0.417 e. The molecule has 1 aromatic carbocycles. The molecule has 6 nitrogen and oxygen atoms in total. The molecule has 1 aromatic heterocycles. The lowest BCUT2D eigenvalue weighted by Crippen LogP contribution is -2.08. The summed E-state index contributed by atoms with van der Waals surface area (Å²) in [6.45, 7) is 0. The Balaban J connectivity index is 2.32. The third kappa shape index (κ3) is 5.54. The highest BCUT2D eigenvalue weighted by molar-refractivity contribution is 6.33. The number of rotatable bonds is 6. The number of benzene rings is 1. The predicted molar refractivity (Wildman–Crippen MR) is 98.3 cm³/mol. The van der Waals surface area contributed by atoms with Gasteiger partial charge in [0.05, 0.1) is 41.8 Å². The van der Waals surface area contributed by atoms with Crippen LogP contribution in [0.4, 0.5) is 18.9 Å². The Morgan fingerprint density at radius 1 is 1.25 bits per heavy atom. The van der Waals surface area contributed by atoms with Gasteiger partial charge in [0, 0.05) is 24.2 Å². The highest BCUT2D eigenvalue weighted by Crippen LogP contribution is 2.32. The SMILES string of the molecule is CONC=C(C=Nc1ccc(C(=O)OC)cc1)c1ncc(C(F)(F)F)cc1Cl. The number of hydrogen-bond acceptors (Lipinski definition) is 6. The van der Waals surface area contributed by atoms with Crippen molar-refractivity contribution in [3.05, 3.63) is 64.6 Å². The van der Waals surface area contributed by atoms with Gasteiger partial charge in [0.2, 0.25) is 0 Å². The maximum Gasteiger partial charge on any atom is 0.417 e. The maximum absolute atomic E-state index is 12.8. The zero-order valence-corrected chi connectivity index (χ0v) is 15.5. The summed E-state index contributed by atoms with van der Waals surface area (Å²) in [6, 6.07) is 6.98. The Bertz CT molecular complexity index is 897. The first-order valence-electron chi connectivity index (χ1n) is 7.70. The number of nitrogens with zero attached hydrogens (tertiary/aromatic N) is 2. The van der Waals surface area contributed by atoms with Gasteiger partial charge in [-0.25, -0.2) is 4.79 Å². The first kappa shape index (κ1) is 21.4. The predicted octanol–water partition coefficient (Wildman–Crippen LogP) is 4.43. The largest absolute Gasteiger partial charge is 0.465 e. The fourth-order valence-corrected chi connectivity index (χ4v) is 2.32. The molecule has 0 atom stereocenters. The van der Waals surface area contributed by atoms with Gasteiger partial charge >= 0.3 is 12.1 Å². The van der Waals surface area contributed by atoms with E-state index >= 15 is 0 Å². The van der Waals surface area contributed by atoms with Crippen LogP contribution in [0.1, 0.15) is 21.6 Å². The summed E-state index contributed by atoms with van der Waals surface area (Å²) in [5, 5.41) is -0.202. The van der Waals surface area contributed by atoms with Crippen LogP contribution in [0.25, 0.3) is 5.57 Å². The number of aliphatic imine (C=N–C) groups is 1. The topological polar surface area (TPSA) is 72.8 Å². The van der Waals surface area contributed by atoms with Crippen molar-refractivity contribution < 1.29 is 27.5 Å². The lowest BCUT2D eigenvalue weighted by atomic mass is 10.1. The zero-order chi connectivity index (χ0) is 20.7. The minimum atomic E-state index is -4.56. The monoisotopic (exact) mass is 413 g/mol. The summed E-state index contributed by atoms with van der Waals surface area (Å²) in [6.07, 6.45) is -1.19. The van der Waals surface area contributed by atoms with Crippen molar-refractivity contribution in [3.63, 3.8) is 0 Å². The lowest BCUT2D eigenvalue weighted by molar-refractivity contribution is -0.137. The molecule has 0 fully saturated rings. The molecule has 0 bridgehead atoms. The summed E-state index contributed by atoms with van der Waals surface area (Å²) in [5.74, 6) is -0.485. The Morgan fingerprint density at radius 3 is 2.46 bits per heavy atom. The van der Waals surface area contributed by atoms with E-state index in [1.807, 2.05) is 0 Å². The van der Waals surface area contributed by atoms with E-state index in [4.69, 9.17) is 16.4 Å². The van der Waals surface area contributed by atoms with Crippen LogP contribution in [0.3, 0.4) is 0 Å². The van der Waals surface area contributed by atoms with Gasteiger partial charge in [0.1, 0.15) is 0 Å². The molecule has 1 N–H and O–H groups in total. The molecule has 0 saturated heterocycles. The second-order valence-electron chi connectivity index (χ2n) is 5.27. The van der Waals surface area contributed by atoms with Gasteiger partial charge in [-0.15, -0.1) is 0 Å². The zero-order valence-electron chi connectivity index (χ0n) is 14.7. The highest BCUT2D eigenvalue weighted by Gasteiger charge is 2.31. The van der Waals surface area contributed by atoms with Gasteiger partial charge in [-0.3, -0.25) is 20.3 Å². The lowest BCUT2D eigenvalue weighted by Gasteiger charge is -2.10. The van der Waals surface area contributed by atoms with E-state index in [9.17, 15) is 18.0 Å². The Kier molecular flexibility index (Phi) is 7.13. The Morgan fingerprint density at radius 2 is 1.93 bits per heavy atom. The number of hydroxylamine groups is 1. The number of pyridine rings is 1. The third-order valence-electron chi connectivity index (χ3n) is 3.42. The standard InChI is InChI=1S/C18H15ClF3N3O3/c1-27-17(26)11-3-5-14(6-4-11)23-8-12(9-25-28-2)16-15(19)7-13(10-24-16)18(20,21)22/h3-10,25H,1-2H3. The van der Waals surface area contributed by atoms with E-state index < -0.39 is 17.7 Å². The molecule has 0 aliphatic heterocycles. The van der Waals surface area contributed by atoms with E-state index in [1.165, 1.54) is 38.8 Å². The van der Waals surface area contributed by atoms with Crippen molar-refractivity contribution in [3.8, 4) is 0 Å². The van der Waals surface area contributed by atoms with Crippen molar-refractivity contribution in [2.24, 2.45) is 4.99 Å². The fourth-order valence-electron chi connectivity index (χ4n) is 2.04. The van der Waals surface area contributed by atoms with E-state index in [0.717, 1.165) is 6.07 Å². The van der Waals surface area contributed by atoms with E-state index in [-0.39, 0.29) is 16.3 Å². The van der Waals surface area contributed by atoms with Crippen LogP contribution in [0.5, 0.6) is 0 Å². The molecule has 10 heteroatoms. The van der Waals surface area contributed by atoms with Crippen LogP contribution in [-0.4, -0.2) is 31.4 Å². The van der Waals surface area contributed by atoms with Crippen molar-refractivity contribution in [1.82, 2.24) is 10.5 Å². The molecular formula is C18H15ClF3N3O3. The summed E-state index contributed by atoms with van der Waals surface area (Å²) in [5.41, 5.74) is 2.68. The first-order chi connectivity index (χ1) is 13.3. The number of ether oxygens (including phenoxy) is 1. The number of alkyl halides is 3. The molecule has 2 aromatic rings. The molecule has 1 heterocycles. The van der Waals surface area contributed by atoms with Crippen LogP contribution in [0, 0.1) is 0 Å². The maximum atomic E-state index is 12.8. The highest BCUT2D eigenvalue weighted by atomic mass is 35.5. The van der Waals surface area contributed by atoms with Crippen LogP contribution in [0.15, 0.2) is 47.7 Å². The summed E-state index contributed by atoms with van der Waals surface area (Å²) in [4.78, 5) is 24.2. The second kappa shape index (κ2) is 9.34. The third-order valence-corrected chi connectivity index (χ3v) is 3.70. The molecular weight excluding hydrogens is 399 g/mol. The number of carbonyl (C=O) groups excluding carboxylic acids is 1. The number of aromatic nitrogens is 1. The average Bonchev–Trinajstić information content (AvgIpc) is 2.67. The van der Waals surface area contributed by atoms with Crippen molar-refractivity contribution in [2.75, 3.05) is 14.2 Å². The average molecular weight is 414 g/mol. The molecule has 0 spiro atoms. The van der Waals surface area contributed by atoms with Gasteiger partial charge in [-0.05, 0) is 30.3 Å². The van der Waals surface area contributed by atoms with Crippen molar-refractivity contribution in [1.29, 1.82) is 0 Å². The molecule has 0 aliphatic rings. The molecule has 0 amide bonds. The summed E-state index contributed by atoms with van der Waals surface area (Å²) < 4.78 is 43.0. The number of methoxy groups -OCH3 is 1. The molecule has 2 rings (SSSR count). The van der Waals surface area contributed by atoms with Crippen LogP contribution in [-0.2, 0) is 15.8 Å². The number of hydrogen-bond donors (Lipinski definition) is 1. The molecule has 0 saturated carbocycles. The van der Waals surface area contributed by atoms with Crippen molar-refractivity contribution in [2.45, 2.75) is 6.18 Å². The quantitative estimate of drug-likeness (QED) is 0.431. The van der Waals surface area contributed by atoms with E-state index in [2.05, 4.69) is 20.2 Å². The number of esters is 1. The van der Waals surface area contributed by atoms with Gasteiger partial charge in [-0.2, -0.15) is 13.2 Å². The fraction of sp³-hybridized carbons (Fsp3) is 0.167. The summed E-state index contributed by atoms with van der Waals surface area (Å²) >= 11 is 5.98. The number of halogens is 4. The normalized spacial score (nSPS) is 12.3. The molecule has 28 heavy (non-hydrogen) atoms. The van der Waals surface area contributed by atoms with Gasteiger partial charge < -0.3 is 4.74 Å².